The van der Waals surface area contributed by atoms with E-state index in [9.17, 15) is 13.6 Å². The van der Waals surface area contributed by atoms with E-state index in [0.29, 0.717) is 24.0 Å². The van der Waals surface area contributed by atoms with E-state index in [-0.39, 0.29) is 29.7 Å². The lowest BCUT2D eigenvalue weighted by molar-refractivity contribution is -0.157. The number of hydrogen-bond donors (Lipinski definition) is 0. The third-order valence-electron chi connectivity index (χ3n) is 9.65. The quantitative estimate of drug-likeness (QED) is 0.229. The Morgan fingerprint density at radius 2 is 1.46 bits per heavy atom. The van der Waals surface area contributed by atoms with Crippen LogP contribution in [0.2, 0.25) is 0 Å². The van der Waals surface area contributed by atoms with Crippen LogP contribution in [0.1, 0.15) is 128 Å². The van der Waals surface area contributed by atoms with E-state index in [2.05, 4.69) is 6.92 Å². The number of carbonyl (C=O) groups excluding carboxylic acids is 1. The minimum atomic E-state index is -0.852. The van der Waals surface area contributed by atoms with Gasteiger partial charge in [0.25, 0.3) is 0 Å². The van der Waals surface area contributed by atoms with E-state index < -0.39 is 11.6 Å². The molecule has 1 aromatic rings. The molecule has 3 aliphatic carbocycles. The normalized spacial score (nSPS) is 30.6. The molecule has 0 aliphatic heterocycles. The van der Waals surface area contributed by atoms with Crippen molar-refractivity contribution in [3.05, 3.63) is 29.3 Å². The summed E-state index contributed by atoms with van der Waals surface area (Å²) in [5.74, 6) is 0.791. The topological polar surface area (TPSA) is 35.5 Å². The highest BCUT2D eigenvalue weighted by atomic mass is 19.2. The molecule has 0 N–H and O–H groups in total. The second-order valence-corrected chi connectivity index (χ2v) is 12.0. The molecular weight excluding hydrogens is 470 g/mol. The predicted octanol–water partition coefficient (Wildman–Crippen LogP) is 9.13. The number of unbranched alkanes of at least 4 members (excludes halogenated alkanes) is 2. The predicted molar refractivity (Wildman–Crippen MR) is 144 cm³/mol. The molecule has 0 aromatic heterocycles. The smallest absolute Gasteiger partial charge is 0.309 e. The van der Waals surface area contributed by atoms with Crippen LogP contribution in [-0.2, 0) is 9.53 Å². The zero-order valence-corrected chi connectivity index (χ0v) is 23.1. The number of halogens is 2. The van der Waals surface area contributed by atoms with Gasteiger partial charge in [0.15, 0.2) is 11.6 Å². The van der Waals surface area contributed by atoms with Gasteiger partial charge in [0.1, 0.15) is 6.10 Å². The Morgan fingerprint density at radius 1 is 0.811 bits per heavy atom. The van der Waals surface area contributed by atoms with Crippen LogP contribution in [0.4, 0.5) is 8.78 Å². The van der Waals surface area contributed by atoms with Crippen LogP contribution in [0.25, 0.3) is 0 Å². The molecule has 0 heterocycles. The van der Waals surface area contributed by atoms with Crippen molar-refractivity contribution in [2.24, 2.45) is 23.7 Å². The summed E-state index contributed by atoms with van der Waals surface area (Å²) in [4.78, 5) is 12.8. The summed E-state index contributed by atoms with van der Waals surface area (Å²) in [6, 6.07) is 3.29. The minimum Gasteiger partial charge on any atom is -0.491 e. The SMILES string of the molecule is CCCCCC1CCC(C(=O)OC2CCC(C3CCC(c4ccc(OCC)c(F)c4F)CC3)CC2)CC1. The molecule has 37 heavy (non-hydrogen) atoms. The average Bonchev–Trinajstić information content (AvgIpc) is 2.93. The lowest BCUT2D eigenvalue weighted by Crippen LogP contribution is -2.32. The van der Waals surface area contributed by atoms with Gasteiger partial charge in [-0.15, -0.1) is 0 Å². The zero-order valence-electron chi connectivity index (χ0n) is 23.1. The van der Waals surface area contributed by atoms with E-state index >= 15 is 0 Å². The van der Waals surface area contributed by atoms with Gasteiger partial charge in [-0.1, -0.05) is 38.7 Å². The van der Waals surface area contributed by atoms with Crippen molar-refractivity contribution in [1.29, 1.82) is 0 Å². The molecule has 0 saturated heterocycles. The van der Waals surface area contributed by atoms with E-state index in [1.165, 1.54) is 38.5 Å². The van der Waals surface area contributed by atoms with E-state index in [4.69, 9.17) is 9.47 Å². The molecule has 5 heteroatoms. The van der Waals surface area contributed by atoms with Gasteiger partial charge in [0.2, 0.25) is 5.82 Å². The second kappa shape index (κ2) is 13.9. The van der Waals surface area contributed by atoms with Crippen molar-refractivity contribution in [1.82, 2.24) is 0 Å². The van der Waals surface area contributed by atoms with Crippen molar-refractivity contribution < 1.29 is 23.0 Å². The van der Waals surface area contributed by atoms with Gasteiger partial charge in [0, 0.05) is 0 Å². The molecule has 0 bridgehead atoms. The molecule has 4 rings (SSSR count). The maximum Gasteiger partial charge on any atom is 0.309 e. The van der Waals surface area contributed by atoms with Crippen molar-refractivity contribution in [3.8, 4) is 5.75 Å². The number of esters is 1. The molecule has 0 spiro atoms. The van der Waals surface area contributed by atoms with Gasteiger partial charge in [0.05, 0.1) is 12.5 Å². The Bertz CT molecular complexity index is 848. The van der Waals surface area contributed by atoms with Gasteiger partial charge in [-0.25, -0.2) is 4.39 Å². The Balaban J connectivity index is 1.16. The lowest BCUT2D eigenvalue weighted by atomic mass is 9.69. The highest BCUT2D eigenvalue weighted by Gasteiger charge is 2.35. The Labute approximate surface area is 223 Å². The summed E-state index contributed by atoms with van der Waals surface area (Å²) in [7, 11) is 0. The first kappa shape index (κ1) is 28.4. The summed E-state index contributed by atoms with van der Waals surface area (Å²) in [5.41, 5.74) is 0.505. The van der Waals surface area contributed by atoms with Crippen molar-refractivity contribution >= 4 is 5.97 Å². The van der Waals surface area contributed by atoms with Crippen molar-refractivity contribution in [2.45, 2.75) is 129 Å². The molecule has 0 radical (unpaired) electrons. The van der Waals surface area contributed by atoms with Crippen LogP contribution in [0.5, 0.6) is 5.75 Å². The van der Waals surface area contributed by atoms with Crippen LogP contribution in [-0.4, -0.2) is 18.7 Å². The van der Waals surface area contributed by atoms with E-state index in [1.54, 1.807) is 19.1 Å². The fraction of sp³-hybridized carbons (Fsp3) is 0.781. The first-order chi connectivity index (χ1) is 18.0. The van der Waals surface area contributed by atoms with Crippen LogP contribution >= 0.6 is 0 Å². The fourth-order valence-electron chi connectivity index (χ4n) is 7.34. The largest absolute Gasteiger partial charge is 0.491 e. The highest BCUT2D eigenvalue weighted by Crippen LogP contribution is 2.44. The van der Waals surface area contributed by atoms with Crippen LogP contribution < -0.4 is 4.74 Å². The van der Waals surface area contributed by atoms with E-state index in [1.807, 2.05) is 0 Å². The van der Waals surface area contributed by atoms with Crippen LogP contribution in [0.3, 0.4) is 0 Å². The number of benzene rings is 1. The molecule has 0 amide bonds. The summed E-state index contributed by atoms with van der Waals surface area (Å²) in [5, 5.41) is 0. The molecule has 208 valence electrons. The summed E-state index contributed by atoms with van der Waals surface area (Å²) < 4.78 is 40.2. The molecule has 3 nitrogen and oxygen atoms in total. The number of hydrogen-bond acceptors (Lipinski definition) is 3. The molecule has 3 fully saturated rings. The Kier molecular flexibility index (Phi) is 10.7. The lowest BCUT2D eigenvalue weighted by Gasteiger charge is -2.38. The van der Waals surface area contributed by atoms with Gasteiger partial charge in [-0.3, -0.25) is 4.79 Å². The maximum absolute atomic E-state index is 14.7. The van der Waals surface area contributed by atoms with Gasteiger partial charge < -0.3 is 9.47 Å². The first-order valence-electron chi connectivity index (χ1n) is 15.3. The van der Waals surface area contributed by atoms with Gasteiger partial charge in [-0.05, 0) is 119 Å². The standard InChI is InChI=1S/C32H48F2O3/c1-3-5-6-7-22-8-10-26(11-9-22)32(35)37-27-18-16-24(17-19-27)23-12-14-25(15-13-23)28-20-21-29(36-4-2)31(34)30(28)33/h20-27H,3-19H2,1-2H3. The monoisotopic (exact) mass is 518 g/mol. The molecule has 3 saturated carbocycles. The maximum atomic E-state index is 14.7. The third-order valence-corrected chi connectivity index (χ3v) is 9.65. The Morgan fingerprint density at radius 3 is 2.08 bits per heavy atom. The molecule has 3 aliphatic rings. The second-order valence-electron chi connectivity index (χ2n) is 12.0. The fourth-order valence-corrected chi connectivity index (χ4v) is 7.34. The molecule has 0 unspecified atom stereocenters. The first-order valence-corrected chi connectivity index (χ1v) is 15.3. The summed E-state index contributed by atoms with van der Waals surface area (Å²) >= 11 is 0. The molecular formula is C32H48F2O3. The number of rotatable bonds is 10. The molecule has 1 aromatic carbocycles. The molecule has 0 atom stereocenters. The van der Waals surface area contributed by atoms with Crippen LogP contribution in [0.15, 0.2) is 12.1 Å². The van der Waals surface area contributed by atoms with Gasteiger partial charge in [-0.2, -0.15) is 4.39 Å². The van der Waals surface area contributed by atoms with Crippen molar-refractivity contribution in [2.75, 3.05) is 6.61 Å². The summed E-state index contributed by atoms with van der Waals surface area (Å²) in [6.45, 7) is 4.34. The Hall–Kier alpha value is -1.65. The average molecular weight is 519 g/mol. The van der Waals surface area contributed by atoms with Crippen LogP contribution in [0, 0.1) is 35.3 Å². The minimum absolute atomic E-state index is 0.00462. The van der Waals surface area contributed by atoms with Crippen molar-refractivity contribution in [3.63, 3.8) is 0 Å². The number of ether oxygens (including phenoxy) is 2. The summed E-state index contributed by atoms with van der Waals surface area (Å²) in [6.07, 6.45) is 17.9. The third kappa shape index (κ3) is 7.47. The van der Waals surface area contributed by atoms with E-state index in [0.717, 1.165) is 70.1 Å². The van der Waals surface area contributed by atoms with Gasteiger partial charge >= 0.3 is 5.97 Å². The highest BCUT2D eigenvalue weighted by molar-refractivity contribution is 5.72. The zero-order chi connectivity index (χ0) is 26.2. The number of carbonyl (C=O) groups is 1.